The van der Waals surface area contributed by atoms with Crippen molar-refractivity contribution < 1.29 is 0 Å². The second kappa shape index (κ2) is 11.1. The second-order valence-corrected chi connectivity index (χ2v) is 13.7. The molecule has 2 N–H and O–H groups in total. The first-order valence-corrected chi connectivity index (χ1v) is 15.6. The van der Waals surface area contributed by atoms with Crippen molar-refractivity contribution in [3.05, 3.63) is 69.7 Å². The van der Waals surface area contributed by atoms with Gasteiger partial charge in [0.05, 0.1) is 23.3 Å². The van der Waals surface area contributed by atoms with Crippen LogP contribution in [0, 0.1) is 23.2 Å². The highest BCUT2D eigenvalue weighted by molar-refractivity contribution is 6.30. The van der Waals surface area contributed by atoms with Gasteiger partial charge in [0.1, 0.15) is 0 Å². The molecule has 7 nitrogen and oxygen atoms in total. The van der Waals surface area contributed by atoms with Gasteiger partial charge in [-0.1, -0.05) is 44.5 Å². The number of aromatic nitrogens is 2. The largest absolute Gasteiger partial charge is 0.340 e. The number of hydrogen-bond acceptors (Lipinski definition) is 4. The van der Waals surface area contributed by atoms with Crippen LogP contribution in [0.5, 0.6) is 0 Å². The Morgan fingerprint density at radius 3 is 2.68 bits per heavy atom. The van der Waals surface area contributed by atoms with Crippen molar-refractivity contribution in [2.45, 2.75) is 72.0 Å². The third kappa shape index (κ3) is 5.51. The predicted molar refractivity (Wildman–Crippen MR) is 169 cm³/mol. The molecule has 4 fully saturated rings. The maximum atomic E-state index is 13.5. The average Bonchev–Trinajstić information content (AvgIpc) is 2.94. The number of anilines is 1. The van der Waals surface area contributed by atoms with Gasteiger partial charge in [-0.25, -0.2) is 9.98 Å². The number of rotatable bonds is 5. The summed E-state index contributed by atoms with van der Waals surface area (Å²) in [6.45, 7) is 14.3. The van der Waals surface area contributed by atoms with Crippen LogP contribution in [0.4, 0.5) is 5.69 Å². The summed E-state index contributed by atoms with van der Waals surface area (Å²) in [6.07, 6.45) is 4.91. The third-order valence-electron chi connectivity index (χ3n) is 10.2. The maximum Gasteiger partial charge on any atom is 0.261 e. The zero-order chi connectivity index (χ0) is 28.9. The third-order valence-corrected chi connectivity index (χ3v) is 10.5. The van der Waals surface area contributed by atoms with Crippen LogP contribution in [-0.2, 0) is 6.42 Å². The Labute approximate surface area is 248 Å². The van der Waals surface area contributed by atoms with Gasteiger partial charge in [-0.3, -0.25) is 9.36 Å². The molecule has 0 spiro atoms. The van der Waals surface area contributed by atoms with Crippen LogP contribution in [0.3, 0.4) is 0 Å². The van der Waals surface area contributed by atoms with Gasteiger partial charge in [-0.15, -0.1) is 0 Å². The minimum absolute atomic E-state index is 0.0225. The minimum atomic E-state index is -0.0273. The standard InChI is InChI=1S/C33H43ClN6O/c1-20-18-39(13-12-35-20)32(38-29-16-24-15-28(22(29)3)33(24,4)5)37-26-10-11-27-30(17-26)36-19-40(31(27)41)21(2)14-23-6-8-25(34)9-7-23/h6-11,17,19-22,24,28-29,35H,12-16,18H2,1-5H3,(H,37,38)/t20-,21+,22-,24-,28+,29?/m0/s1. The fourth-order valence-corrected chi connectivity index (χ4v) is 7.61. The van der Waals surface area contributed by atoms with Crippen molar-refractivity contribution in [3.8, 4) is 0 Å². The van der Waals surface area contributed by atoms with Gasteiger partial charge in [0.15, 0.2) is 5.96 Å². The van der Waals surface area contributed by atoms with Crippen molar-refractivity contribution >= 4 is 34.2 Å². The zero-order valence-electron chi connectivity index (χ0n) is 24.9. The smallest absolute Gasteiger partial charge is 0.261 e. The lowest BCUT2D eigenvalue weighted by atomic mass is 9.45. The first-order chi connectivity index (χ1) is 19.6. The number of halogens is 1. The van der Waals surface area contributed by atoms with E-state index in [0.29, 0.717) is 39.3 Å². The van der Waals surface area contributed by atoms with Gasteiger partial charge in [0.2, 0.25) is 0 Å². The van der Waals surface area contributed by atoms with Crippen LogP contribution >= 0.6 is 11.6 Å². The second-order valence-electron chi connectivity index (χ2n) is 13.3. The summed E-state index contributed by atoms with van der Waals surface area (Å²) in [5.41, 5.74) is 3.15. The summed E-state index contributed by atoms with van der Waals surface area (Å²) in [4.78, 5) is 26.0. The van der Waals surface area contributed by atoms with E-state index in [1.54, 1.807) is 10.9 Å². The van der Waals surface area contributed by atoms with Crippen molar-refractivity contribution in [3.63, 3.8) is 0 Å². The van der Waals surface area contributed by atoms with Gasteiger partial charge in [0.25, 0.3) is 5.56 Å². The number of benzene rings is 2. The van der Waals surface area contributed by atoms with Gasteiger partial charge >= 0.3 is 0 Å². The van der Waals surface area contributed by atoms with Gasteiger partial charge in [-0.05, 0) is 92.2 Å². The van der Waals surface area contributed by atoms with Crippen LogP contribution in [0.15, 0.2) is 58.6 Å². The number of piperazine rings is 1. The molecule has 0 amide bonds. The Balaban J connectivity index is 1.25. The highest BCUT2D eigenvalue weighted by Gasteiger charge is 2.56. The zero-order valence-corrected chi connectivity index (χ0v) is 25.7. The van der Waals surface area contributed by atoms with E-state index in [9.17, 15) is 4.79 Å². The van der Waals surface area contributed by atoms with Crippen LogP contribution in [0.1, 0.15) is 59.1 Å². The van der Waals surface area contributed by atoms with Crippen molar-refractivity contribution in [1.29, 1.82) is 0 Å². The van der Waals surface area contributed by atoms with Crippen LogP contribution in [-0.4, -0.2) is 52.1 Å². The number of aliphatic imine (C=N–C) groups is 1. The molecule has 0 radical (unpaired) electrons. The Morgan fingerprint density at radius 2 is 1.98 bits per heavy atom. The van der Waals surface area contributed by atoms with Gasteiger partial charge in [0, 0.05) is 42.4 Å². The van der Waals surface area contributed by atoms with Crippen LogP contribution < -0.4 is 16.2 Å². The molecule has 3 aliphatic carbocycles. The number of hydrogen-bond donors (Lipinski definition) is 2. The highest BCUT2D eigenvalue weighted by Crippen LogP contribution is 2.61. The van der Waals surface area contributed by atoms with E-state index in [1.807, 2.05) is 49.4 Å². The molecule has 2 heterocycles. The molecule has 6 atom stereocenters. The Morgan fingerprint density at radius 1 is 1.20 bits per heavy atom. The van der Waals surface area contributed by atoms with E-state index in [-0.39, 0.29) is 11.6 Å². The molecule has 8 heteroatoms. The van der Waals surface area contributed by atoms with E-state index in [1.165, 1.54) is 6.42 Å². The Hall–Kier alpha value is -2.90. The molecular weight excluding hydrogens is 532 g/mol. The Kier molecular flexibility index (Phi) is 7.62. The monoisotopic (exact) mass is 574 g/mol. The highest BCUT2D eigenvalue weighted by atomic mass is 35.5. The first-order valence-electron chi connectivity index (χ1n) is 15.2. The molecule has 4 aliphatic rings. The number of nitrogens with one attached hydrogen (secondary N) is 2. The summed E-state index contributed by atoms with van der Waals surface area (Å²) >= 11 is 6.04. The first kappa shape index (κ1) is 28.2. The SMILES string of the molecule is C[C@@H]1C(N=C(Nc2ccc3c(=O)n([C@H](C)Cc4ccc(Cl)cc4)cnc3c2)N2CCN[C@@H](C)C2)C[C@@H]2C[C@H]1C2(C)C. The molecular formula is C33H43ClN6O. The van der Waals surface area contributed by atoms with Gasteiger partial charge in [-0.2, -0.15) is 0 Å². The molecule has 218 valence electrons. The summed E-state index contributed by atoms with van der Waals surface area (Å²) in [6, 6.07) is 14.4. The molecule has 3 aromatic rings. The van der Waals surface area contributed by atoms with E-state index in [4.69, 9.17) is 21.6 Å². The predicted octanol–water partition coefficient (Wildman–Crippen LogP) is 5.99. The van der Waals surface area contributed by atoms with Crippen LogP contribution in [0.2, 0.25) is 5.02 Å². The van der Waals surface area contributed by atoms with Crippen molar-refractivity contribution in [1.82, 2.24) is 19.8 Å². The number of nitrogens with zero attached hydrogens (tertiary/aromatic N) is 4. The minimum Gasteiger partial charge on any atom is -0.340 e. The summed E-state index contributed by atoms with van der Waals surface area (Å²) in [7, 11) is 0. The summed E-state index contributed by atoms with van der Waals surface area (Å²) in [5.74, 6) is 3.01. The topological polar surface area (TPSA) is 74.5 Å². The molecule has 2 bridgehead atoms. The molecule has 2 aromatic carbocycles. The lowest BCUT2D eigenvalue weighted by Gasteiger charge is -2.61. The van der Waals surface area contributed by atoms with E-state index < -0.39 is 0 Å². The molecule has 7 rings (SSSR count). The summed E-state index contributed by atoms with van der Waals surface area (Å²) in [5, 5.41) is 8.55. The average molecular weight is 575 g/mol. The fourth-order valence-electron chi connectivity index (χ4n) is 7.48. The molecule has 41 heavy (non-hydrogen) atoms. The van der Waals surface area contributed by atoms with E-state index >= 15 is 0 Å². The van der Waals surface area contributed by atoms with E-state index in [0.717, 1.165) is 61.5 Å². The van der Waals surface area contributed by atoms with Gasteiger partial charge < -0.3 is 15.5 Å². The quantitative estimate of drug-likeness (QED) is 0.289. The molecule has 1 unspecified atom stereocenters. The molecule has 1 aliphatic heterocycles. The summed E-state index contributed by atoms with van der Waals surface area (Å²) < 4.78 is 1.73. The maximum absolute atomic E-state index is 13.5. The van der Waals surface area contributed by atoms with Crippen molar-refractivity contribution in [2.24, 2.45) is 28.2 Å². The number of fused-ring (bicyclic) bond motifs is 3. The molecule has 1 aromatic heterocycles. The number of guanidine groups is 1. The lowest BCUT2D eigenvalue weighted by molar-refractivity contribution is -0.108. The normalized spacial score (nSPS) is 28.3. The Bertz CT molecular complexity index is 1500. The lowest BCUT2D eigenvalue weighted by Crippen LogP contribution is -2.57. The molecule has 1 saturated heterocycles. The molecule has 3 saturated carbocycles. The fraction of sp³-hybridized carbons (Fsp3) is 0.545. The van der Waals surface area contributed by atoms with E-state index in [2.05, 4.69) is 43.2 Å². The van der Waals surface area contributed by atoms with Crippen LogP contribution in [0.25, 0.3) is 10.9 Å². The van der Waals surface area contributed by atoms with Crippen molar-refractivity contribution in [2.75, 3.05) is 25.0 Å².